The summed E-state index contributed by atoms with van der Waals surface area (Å²) in [6.07, 6.45) is 0.849. The zero-order valence-electron chi connectivity index (χ0n) is 16.3. The lowest BCUT2D eigenvalue weighted by Crippen LogP contribution is -2.25. The largest absolute Gasteiger partial charge is 0.506 e. The molecule has 0 saturated heterocycles. The molecule has 2 aromatic carbocycles. The molecule has 4 nitrogen and oxygen atoms in total. The first-order chi connectivity index (χ1) is 13.4. The third-order valence-electron chi connectivity index (χ3n) is 5.63. The molecule has 0 bridgehead atoms. The Kier molecular flexibility index (Phi) is 4.42. The molecule has 0 aliphatic heterocycles. The van der Waals surface area contributed by atoms with Crippen LogP contribution < -0.4 is 5.56 Å². The molecule has 0 saturated carbocycles. The summed E-state index contributed by atoms with van der Waals surface area (Å²) >= 11 is 0. The highest BCUT2D eigenvalue weighted by atomic mass is 16.3. The number of benzene rings is 2. The van der Waals surface area contributed by atoms with Crippen molar-refractivity contribution in [3.63, 3.8) is 0 Å². The molecule has 1 aliphatic carbocycles. The predicted molar refractivity (Wildman–Crippen MR) is 110 cm³/mol. The number of fused-ring (bicyclic) bond motifs is 1. The smallest absolute Gasteiger partial charge is 0.259 e. The Balaban J connectivity index is 1.87. The minimum absolute atomic E-state index is 0.00458. The van der Waals surface area contributed by atoms with E-state index in [2.05, 4.69) is 4.98 Å². The molecule has 4 rings (SSSR count). The van der Waals surface area contributed by atoms with E-state index in [4.69, 9.17) is 0 Å². The van der Waals surface area contributed by atoms with Gasteiger partial charge >= 0.3 is 0 Å². The topological polar surface area (TPSA) is 70.2 Å². The van der Waals surface area contributed by atoms with Gasteiger partial charge in [-0.15, -0.1) is 0 Å². The van der Waals surface area contributed by atoms with Crippen LogP contribution in [0.15, 0.2) is 47.3 Å². The van der Waals surface area contributed by atoms with E-state index in [1.54, 1.807) is 0 Å². The van der Waals surface area contributed by atoms with Crippen molar-refractivity contribution < 1.29 is 9.90 Å². The van der Waals surface area contributed by atoms with E-state index in [0.717, 1.165) is 22.3 Å². The summed E-state index contributed by atoms with van der Waals surface area (Å²) < 4.78 is 0. The molecule has 0 fully saturated rings. The Morgan fingerprint density at radius 2 is 1.54 bits per heavy atom. The molecular formula is C24H23NO3. The summed E-state index contributed by atoms with van der Waals surface area (Å²) in [5.74, 6) is -0.317. The van der Waals surface area contributed by atoms with Gasteiger partial charge in [0.15, 0.2) is 5.78 Å². The molecule has 2 N–H and O–H groups in total. The Hall–Kier alpha value is -3.14. The van der Waals surface area contributed by atoms with Crippen molar-refractivity contribution in [3.05, 3.63) is 86.3 Å². The third kappa shape index (κ3) is 2.95. The van der Waals surface area contributed by atoms with E-state index in [1.165, 1.54) is 0 Å². The zero-order valence-corrected chi connectivity index (χ0v) is 16.3. The van der Waals surface area contributed by atoms with Gasteiger partial charge in [0.1, 0.15) is 5.75 Å². The number of hydrogen-bond donors (Lipinski definition) is 2. The number of aromatic nitrogens is 1. The lowest BCUT2D eigenvalue weighted by molar-refractivity contribution is 0.0960. The van der Waals surface area contributed by atoms with Crippen LogP contribution in [0.2, 0.25) is 0 Å². The normalized spacial score (nSPS) is 16.1. The standard InChI is InChI=1S/C24H23NO3/c1-13-9-14(2)20(15(3)10-13)22-23(27)21-18(25-24(22)28)11-17(12-19(21)26)16-7-5-4-6-8-16/h4-10,17H,11-12H2,1-3H3,(H2,25,27,28). The second kappa shape index (κ2) is 6.79. The number of hydrogen-bond acceptors (Lipinski definition) is 3. The first-order valence-corrected chi connectivity index (χ1v) is 9.51. The first-order valence-electron chi connectivity index (χ1n) is 9.51. The number of carbonyl (C=O) groups is 1. The number of aromatic hydroxyl groups is 1. The maximum Gasteiger partial charge on any atom is 0.259 e. The Labute approximate surface area is 163 Å². The second-order valence-electron chi connectivity index (χ2n) is 7.74. The minimum Gasteiger partial charge on any atom is -0.506 e. The molecule has 4 heteroatoms. The number of rotatable bonds is 2. The number of H-pyrrole nitrogens is 1. The predicted octanol–water partition coefficient (Wildman–Crippen LogP) is 4.59. The minimum atomic E-state index is -0.354. The summed E-state index contributed by atoms with van der Waals surface area (Å²) in [6, 6.07) is 13.8. The Morgan fingerprint density at radius 1 is 0.893 bits per heavy atom. The maximum atomic E-state index is 12.9. The van der Waals surface area contributed by atoms with E-state index in [1.807, 2.05) is 63.2 Å². The van der Waals surface area contributed by atoms with Gasteiger partial charge in [-0.2, -0.15) is 0 Å². The van der Waals surface area contributed by atoms with Gasteiger partial charge in [0.2, 0.25) is 0 Å². The van der Waals surface area contributed by atoms with Gasteiger partial charge in [-0.1, -0.05) is 48.0 Å². The molecule has 1 heterocycles. The molecule has 1 atom stereocenters. The van der Waals surface area contributed by atoms with E-state index in [9.17, 15) is 14.7 Å². The molecule has 142 valence electrons. The van der Waals surface area contributed by atoms with Crippen molar-refractivity contribution in [1.29, 1.82) is 0 Å². The number of ketones is 1. The van der Waals surface area contributed by atoms with Crippen LogP contribution in [0.5, 0.6) is 5.75 Å². The molecule has 1 unspecified atom stereocenters. The quantitative estimate of drug-likeness (QED) is 0.690. The van der Waals surface area contributed by atoms with Crippen molar-refractivity contribution >= 4 is 5.78 Å². The summed E-state index contributed by atoms with van der Waals surface area (Å²) in [5.41, 5.74) is 5.30. The number of carbonyl (C=O) groups excluding carboxylic acids is 1. The second-order valence-corrected chi connectivity index (χ2v) is 7.74. The lowest BCUT2D eigenvalue weighted by Gasteiger charge is -2.25. The SMILES string of the molecule is Cc1cc(C)c(-c2c(O)c3c([nH]c2=O)CC(c2ccccc2)CC3=O)c(C)c1. The van der Waals surface area contributed by atoms with Gasteiger partial charge in [-0.25, -0.2) is 0 Å². The van der Waals surface area contributed by atoms with E-state index in [-0.39, 0.29) is 34.1 Å². The van der Waals surface area contributed by atoms with Crippen molar-refractivity contribution in [1.82, 2.24) is 4.98 Å². The fourth-order valence-electron chi connectivity index (χ4n) is 4.50. The highest BCUT2D eigenvalue weighted by Crippen LogP contribution is 2.40. The van der Waals surface area contributed by atoms with E-state index < -0.39 is 0 Å². The monoisotopic (exact) mass is 373 g/mol. The lowest BCUT2D eigenvalue weighted by atomic mass is 9.80. The fourth-order valence-corrected chi connectivity index (χ4v) is 4.50. The molecule has 1 aromatic heterocycles. The molecular weight excluding hydrogens is 350 g/mol. The maximum absolute atomic E-state index is 12.9. The van der Waals surface area contributed by atoms with E-state index in [0.29, 0.717) is 24.1 Å². The number of aromatic amines is 1. The van der Waals surface area contributed by atoms with Crippen molar-refractivity contribution in [2.24, 2.45) is 0 Å². The van der Waals surface area contributed by atoms with Gasteiger partial charge in [0, 0.05) is 12.1 Å². The average Bonchev–Trinajstić information content (AvgIpc) is 2.63. The average molecular weight is 373 g/mol. The number of Topliss-reactive ketones (excluding diaryl/α,β-unsaturated/α-hetero) is 1. The van der Waals surface area contributed by atoms with Crippen LogP contribution >= 0.6 is 0 Å². The number of aryl methyl sites for hydroxylation is 3. The van der Waals surface area contributed by atoms with Crippen molar-refractivity contribution in [3.8, 4) is 16.9 Å². The summed E-state index contributed by atoms with van der Waals surface area (Å²) in [4.78, 5) is 28.8. The van der Waals surface area contributed by atoms with Crippen LogP contribution in [0, 0.1) is 20.8 Å². The van der Waals surface area contributed by atoms with Gasteiger partial charge in [0.25, 0.3) is 5.56 Å². The van der Waals surface area contributed by atoms with E-state index >= 15 is 0 Å². The molecule has 28 heavy (non-hydrogen) atoms. The van der Waals surface area contributed by atoms with Crippen LogP contribution in [-0.4, -0.2) is 15.9 Å². The highest BCUT2D eigenvalue weighted by molar-refractivity contribution is 6.03. The zero-order chi connectivity index (χ0) is 20.0. The molecule has 3 aromatic rings. The highest BCUT2D eigenvalue weighted by Gasteiger charge is 2.32. The van der Waals surface area contributed by atoms with Crippen molar-refractivity contribution in [2.45, 2.75) is 39.5 Å². The summed E-state index contributed by atoms with van der Waals surface area (Å²) in [7, 11) is 0. The Bertz CT molecular complexity index is 1120. The van der Waals surface area contributed by atoms with Gasteiger partial charge in [0.05, 0.1) is 11.1 Å². The molecule has 1 aliphatic rings. The van der Waals surface area contributed by atoms with Gasteiger partial charge in [-0.3, -0.25) is 9.59 Å². The fraction of sp³-hybridized carbons (Fsp3) is 0.250. The first kappa shape index (κ1) is 18.2. The Morgan fingerprint density at radius 3 is 2.18 bits per heavy atom. The molecule has 0 radical (unpaired) electrons. The summed E-state index contributed by atoms with van der Waals surface area (Å²) in [6.45, 7) is 5.83. The third-order valence-corrected chi connectivity index (χ3v) is 5.63. The molecule has 0 spiro atoms. The van der Waals surface area contributed by atoms with Crippen LogP contribution in [0.1, 0.15) is 50.6 Å². The van der Waals surface area contributed by atoms with Crippen LogP contribution in [-0.2, 0) is 6.42 Å². The number of nitrogens with one attached hydrogen (secondary N) is 1. The van der Waals surface area contributed by atoms with Crippen LogP contribution in [0.25, 0.3) is 11.1 Å². The van der Waals surface area contributed by atoms with Gasteiger partial charge in [-0.05, 0) is 55.4 Å². The molecule has 0 amide bonds. The van der Waals surface area contributed by atoms with Crippen LogP contribution in [0.4, 0.5) is 0 Å². The number of pyridine rings is 1. The van der Waals surface area contributed by atoms with Crippen LogP contribution in [0.3, 0.4) is 0 Å². The van der Waals surface area contributed by atoms with Crippen molar-refractivity contribution in [2.75, 3.05) is 0 Å². The van der Waals surface area contributed by atoms with Gasteiger partial charge < -0.3 is 10.1 Å². The summed E-state index contributed by atoms with van der Waals surface area (Å²) in [5, 5.41) is 11.0.